The Morgan fingerprint density at radius 1 is 0.296 bits per heavy atom. The molecule has 1 atom stereocenters. The first-order valence-electron chi connectivity index (χ1n) is 24.0. The Kier molecular flexibility index (Phi) is 42.8. The summed E-state index contributed by atoms with van der Waals surface area (Å²) in [6.45, 7) is 6.65. The lowest BCUT2D eigenvalue weighted by Crippen LogP contribution is -2.30. The third-order valence-corrected chi connectivity index (χ3v) is 10.9. The van der Waals surface area contributed by atoms with E-state index in [0.29, 0.717) is 19.3 Å². The highest BCUT2D eigenvalue weighted by Crippen LogP contribution is 2.16. The van der Waals surface area contributed by atoms with Crippen LogP contribution in [0.2, 0.25) is 0 Å². The minimum Gasteiger partial charge on any atom is -0.462 e. The molecule has 6 heteroatoms. The summed E-state index contributed by atoms with van der Waals surface area (Å²) in [4.78, 5) is 37.8. The lowest BCUT2D eigenvalue weighted by molar-refractivity contribution is -0.167. The lowest BCUT2D eigenvalue weighted by atomic mass is 10.0. The maximum atomic E-state index is 12.7. The molecule has 0 unspecified atom stereocenters. The van der Waals surface area contributed by atoms with Crippen LogP contribution in [0.4, 0.5) is 0 Å². The molecule has 0 bridgehead atoms. The van der Waals surface area contributed by atoms with Crippen molar-refractivity contribution in [3.63, 3.8) is 0 Å². The van der Waals surface area contributed by atoms with E-state index in [1.165, 1.54) is 173 Å². The van der Waals surface area contributed by atoms with Crippen LogP contribution in [0.25, 0.3) is 0 Å². The van der Waals surface area contributed by atoms with Crippen LogP contribution < -0.4 is 0 Å². The van der Waals surface area contributed by atoms with Crippen molar-refractivity contribution in [2.75, 3.05) is 13.2 Å². The van der Waals surface area contributed by atoms with Crippen molar-refractivity contribution in [2.24, 2.45) is 0 Å². The fourth-order valence-electron chi connectivity index (χ4n) is 7.21. The maximum absolute atomic E-state index is 12.7. The van der Waals surface area contributed by atoms with Gasteiger partial charge in [-0.2, -0.15) is 0 Å². The van der Waals surface area contributed by atoms with Crippen molar-refractivity contribution in [3.8, 4) is 0 Å². The van der Waals surface area contributed by atoms with Crippen LogP contribution in [0.1, 0.15) is 271 Å². The molecule has 0 N–H and O–H groups in total. The molecule has 0 aliphatic carbocycles. The van der Waals surface area contributed by atoms with Crippen molar-refractivity contribution in [1.82, 2.24) is 0 Å². The first-order valence-corrected chi connectivity index (χ1v) is 24.0. The van der Waals surface area contributed by atoms with Gasteiger partial charge in [0.05, 0.1) is 0 Å². The summed E-state index contributed by atoms with van der Waals surface area (Å²) in [6, 6.07) is 0. The Morgan fingerprint density at radius 2 is 0.500 bits per heavy atom. The normalized spacial score (nSPS) is 11.8. The van der Waals surface area contributed by atoms with Crippen molar-refractivity contribution >= 4 is 17.9 Å². The molecule has 320 valence electrons. The number of ether oxygens (including phenoxy) is 3. The Hall–Kier alpha value is -1.59. The van der Waals surface area contributed by atoms with E-state index in [4.69, 9.17) is 14.2 Å². The number of hydrogen-bond donors (Lipinski definition) is 0. The van der Waals surface area contributed by atoms with Crippen LogP contribution in [0.5, 0.6) is 0 Å². The molecule has 0 rings (SSSR count). The number of esters is 3. The molecular formula is C48H92O6. The fraction of sp³-hybridized carbons (Fsp3) is 0.938. The number of rotatable bonds is 44. The average molecular weight is 765 g/mol. The van der Waals surface area contributed by atoms with Gasteiger partial charge >= 0.3 is 17.9 Å². The van der Waals surface area contributed by atoms with Crippen molar-refractivity contribution < 1.29 is 28.6 Å². The summed E-state index contributed by atoms with van der Waals surface area (Å²) in [6.07, 6.45) is 45.0. The lowest BCUT2D eigenvalue weighted by Gasteiger charge is -2.18. The van der Waals surface area contributed by atoms with Gasteiger partial charge in [0.25, 0.3) is 0 Å². The summed E-state index contributed by atoms with van der Waals surface area (Å²) < 4.78 is 16.7. The Labute approximate surface area is 336 Å². The van der Waals surface area contributed by atoms with Gasteiger partial charge in [0.1, 0.15) is 13.2 Å². The van der Waals surface area contributed by atoms with Crippen LogP contribution in [0.15, 0.2) is 0 Å². The molecular weight excluding hydrogens is 673 g/mol. The molecule has 0 aliphatic heterocycles. The summed E-state index contributed by atoms with van der Waals surface area (Å²) in [5.41, 5.74) is 0. The monoisotopic (exact) mass is 765 g/mol. The summed E-state index contributed by atoms with van der Waals surface area (Å²) in [7, 11) is 0. The van der Waals surface area contributed by atoms with Crippen LogP contribution >= 0.6 is 0 Å². The third kappa shape index (κ3) is 41.6. The molecule has 0 aromatic carbocycles. The van der Waals surface area contributed by atoms with Crippen LogP contribution in [0.3, 0.4) is 0 Å². The van der Waals surface area contributed by atoms with Crippen molar-refractivity contribution in [3.05, 3.63) is 0 Å². The van der Waals surface area contributed by atoms with Crippen molar-refractivity contribution in [2.45, 2.75) is 277 Å². The average Bonchev–Trinajstić information content (AvgIpc) is 3.17. The summed E-state index contributed by atoms with van der Waals surface area (Å²) >= 11 is 0. The van der Waals surface area contributed by atoms with Gasteiger partial charge in [0, 0.05) is 19.3 Å². The van der Waals surface area contributed by atoms with E-state index in [9.17, 15) is 14.4 Å². The number of carbonyl (C=O) groups excluding carboxylic acids is 3. The quantitative estimate of drug-likeness (QED) is 0.0349. The highest BCUT2D eigenvalue weighted by atomic mass is 16.6. The molecule has 0 spiro atoms. The zero-order valence-corrected chi connectivity index (χ0v) is 36.5. The van der Waals surface area contributed by atoms with Gasteiger partial charge in [0.15, 0.2) is 6.10 Å². The number of hydrogen-bond acceptors (Lipinski definition) is 6. The largest absolute Gasteiger partial charge is 0.462 e. The van der Waals surface area contributed by atoms with Gasteiger partial charge in [-0.1, -0.05) is 233 Å². The topological polar surface area (TPSA) is 78.9 Å². The molecule has 0 saturated carbocycles. The molecule has 0 radical (unpaired) electrons. The molecule has 6 nitrogen and oxygen atoms in total. The molecule has 0 saturated heterocycles. The van der Waals surface area contributed by atoms with E-state index in [0.717, 1.165) is 57.8 Å². The maximum Gasteiger partial charge on any atom is 0.306 e. The SMILES string of the molecule is CCCCCCCCCCCCCCCC(=O)OC[C@H](COC(=O)CCCCCCCCCCCCC)OC(=O)CCCCCCCCCCCCCC. The number of unbranched alkanes of at least 4 members (excludes halogenated alkanes) is 33. The van der Waals surface area contributed by atoms with Crippen molar-refractivity contribution in [1.29, 1.82) is 0 Å². The molecule has 0 amide bonds. The third-order valence-electron chi connectivity index (χ3n) is 10.9. The zero-order valence-electron chi connectivity index (χ0n) is 36.5. The van der Waals surface area contributed by atoms with Crippen LogP contribution in [-0.4, -0.2) is 37.2 Å². The highest BCUT2D eigenvalue weighted by Gasteiger charge is 2.19. The van der Waals surface area contributed by atoms with E-state index in [1.54, 1.807) is 0 Å². The van der Waals surface area contributed by atoms with Crippen LogP contribution in [-0.2, 0) is 28.6 Å². The predicted octanol–water partition coefficient (Wildman–Crippen LogP) is 15.3. The molecule has 0 heterocycles. The second kappa shape index (κ2) is 44.1. The van der Waals surface area contributed by atoms with Gasteiger partial charge in [-0.15, -0.1) is 0 Å². The molecule has 0 aliphatic rings. The first kappa shape index (κ1) is 52.4. The minimum atomic E-state index is -0.758. The standard InChI is InChI=1S/C48H92O6/c1-4-7-10-13-16-19-22-24-27-29-32-35-38-41-47(50)53-44-45(43-52-46(49)40-37-34-31-28-25-21-18-15-12-9-6-3)54-48(51)42-39-36-33-30-26-23-20-17-14-11-8-5-2/h45H,4-44H2,1-3H3/t45-/m0/s1. The molecule has 0 aromatic heterocycles. The van der Waals surface area contributed by atoms with E-state index in [-0.39, 0.29) is 31.1 Å². The molecule has 54 heavy (non-hydrogen) atoms. The molecule has 0 fully saturated rings. The predicted molar refractivity (Wildman–Crippen MR) is 229 cm³/mol. The zero-order chi connectivity index (χ0) is 39.4. The first-order chi connectivity index (χ1) is 26.5. The van der Waals surface area contributed by atoms with E-state index < -0.39 is 6.10 Å². The Bertz CT molecular complexity index is 798. The molecule has 0 aromatic rings. The number of carbonyl (C=O) groups is 3. The Morgan fingerprint density at radius 3 is 0.741 bits per heavy atom. The van der Waals surface area contributed by atoms with Crippen LogP contribution in [0, 0.1) is 0 Å². The fourth-order valence-corrected chi connectivity index (χ4v) is 7.21. The second-order valence-corrected chi connectivity index (χ2v) is 16.4. The van der Waals surface area contributed by atoms with E-state index >= 15 is 0 Å². The van der Waals surface area contributed by atoms with Gasteiger partial charge < -0.3 is 14.2 Å². The van der Waals surface area contributed by atoms with Gasteiger partial charge in [-0.05, 0) is 19.3 Å². The smallest absolute Gasteiger partial charge is 0.306 e. The van der Waals surface area contributed by atoms with E-state index in [1.807, 2.05) is 0 Å². The Balaban J connectivity index is 4.31. The van der Waals surface area contributed by atoms with Gasteiger partial charge in [0.2, 0.25) is 0 Å². The summed E-state index contributed by atoms with van der Waals surface area (Å²) in [5.74, 6) is -0.848. The minimum absolute atomic E-state index is 0.0623. The van der Waals surface area contributed by atoms with Gasteiger partial charge in [-0.25, -0.2) is 0 Å². The van der Waals surface area contributed by atoms with Gasteiger partial charge in [-0.3, -0.25) is 14.4 Å². The second-order valence-electron chi connectivity index (χ2n) is 16.4. The summed E-state index contributed by atoms with van der Waals surface area (Å²) in [5, 5.41) is 0. The van der Waals surface area contributed by atoms with E-state index in [2.05, 4.69) is 20.8 Å². The highest BCUT2D eigenvalue weighted by molar-refractivity contribution is 5.71.